The number of piperidine rings is 1. The average Bonchev–Trinajstić information content (AvgIpc) is 3.19. The van der Waals surface area contributed by atoms with Gasteiger partial charge in [-0.1, -0.05) is 0 Å². The summed E-state index contributed by atoms with van der Waals surface area (Å²) in [6.45, 7) is 11.6. The SMILES string of the molecule is Cc1cc(OC(=O)CCN2CCCC2)c2c(c1)OC(C)(C)C1=C2C2CCN1CC2. The van der Waals surface area contributed by atoms with Crippen molar-refractivity contribution in [3.05, 3.63) is 29.0 Å². The van der Waals surface area contributed by atoms with Crippen LogP contribution in [0.4, 0.5) is 0 Å². The van der Waals surface area contributed by atoms with Crippen LogP contribution in [0.25, 0.3) is 5.57 Å². The fraction of sp³-hybridized carbons (Fsp3) is 0.625. The number of hydrogen-bond acceptors (Lipinski definition) is 5. The number of rotatable bonds is 4. The Labute approximate surface area is 173 Å². The molecule has 6 rings (SSSR count). The number of ether oxygens (including phenoxy) is 2. The van der Waals surface area contributed by atoms with E-state index in [1.165, 1.54) is 37.0 Å². The van der Waals surface area contributed by atoms with E-state index in [0.717, 1.165) is 49.6 Å². The van der Waals surface area contributed by atoms with Crippen LogP contribution >= 0.6 is 0 Å². The van der Waals surface area contributed by atoms with Gasteiger partial charge in [0.25, 0.3) is 0 Å². The lowest BCUT2D eigenvalue weighted by Crippen LogP contribution is -2.51. The van der Waals surface area contributed by atoms with Crippen LogP contribution in [0, 0.1) is 12.8 Å². The number of nitrogens with zero attached hydrogens (tertiary/aromatic N) is 2. The summed E-state index contributed by atoms with van der Waals surface area (Å²) in [5.41, 5.74) is 4.38. The molecule has 0 amide bonds. The number of fused-ring (bicyclic) bond motifs is 3. The second-order valence-corrected chi connectivity index (χ2v) is 9.54. The number of allylic oxidation sites excluding steroid dienone is 1. The molecule has 0 N–H and O–H groups in total. The lowest BCUT2D eigenvalue weighted by molar-refractivity contribution is -0.134. The largest absolute Gasteiger partial charge is 0.481 e. The predicted octanol–water partition coefficient (Wildman–Crippen LogP) is 3.99. The maximum Gasteiger partial charge on any atom is 0.312 e. The first-order valence-electron chi connectivity index (χ1n) is 11.2. The normalized spacial score (nSPS) is 23.1. The first-order valence-corrected chi connectivity index (χ1v) is 11.2. The topological polar surface area (TPSA) is 42.0 Å². The number of carbonyl (C=O) groups is 1. The molecule has 156 valence electrons. The summed E-state index contributed by atoms with van der Waals surface area (Å²) in [5.74, 6) is 1.94. The third kappa shape index (κ3) is 3.33. The lowest BCUT2D eigenvalue weighted by Gasteiger charge is -2.51. The van der Waals surface area contributed by atoms with Crippen LogP contribution in [0.1, 0.15) is 57.1 Å². The van der Waals surface area contributed by atoms with Gasteiger partial charge in [-0.05, 0) is 88.7 Å². The van der Waals surface area contributed by atoms with Crippen molar-refractivity contribution in [1.29, 1.82) is 0 Å². The zero-order valence-electron chi connectivity index (χ0n) is 17.9. The number of hydrogen-bond donors (Lipinski definition) is 0. The molecular weight excluding hydrogens is 364 g/mol. The van der Waals surface area contributed by atoms with Crippen LogP contribution in [0.2, 0.25) is 0 Å². The zero-order chi connectivity index (χ0) is 20.2. The Hall–Kier alpha value is -2.01. The first kappa shape index (κ1) is 19.0. The van der Waals surface area contributed by atoms with E-state index in [1.54, 1.807) is 0 Å². The average molecular weight is 397 g/mol. The number of aryl methyl sites for hydroxylation is 1. The molecule has 0 aromatic heterocycles. The molecule has 29 heavy (non-hydrogen) atoms. The third-order valence-electron chi connectivity index (χ3n) is 6.94. The molecule has 2 bridgehead atoms. The van der Waals surface area contributed by atoms with E-state index in [1.807, 2.05) is 13.0 Å². The molecule has 0 radical (unpaired) electrons. The summed E-state index contributed by atoms with van der Waals surface area (Å²) in [7, 11) is 0. The second-order valence-electron chi connectivity index (χ2n) is 9.54. The molecule has 5 nitrogen and oxygen atoms in total. The molecule has 0 saturated carbocycles. The molecule has 0 aliphatic carbocycles. The van der Waals surface area contributed by atoms with E-state index >= 15 is 0 Å². The van der Waals surface area contributed by atoms with Gasteiger partial charge in [0.05, 0.1) is 17.7 Å². The lowest BCUT2D eigenvalue weighted by atomic mass is 9.74. The van der Waals surface area contributed by atoms with Crippen molar-refractivity contribution < 1.29 is 14.3 Å². The summed E-state index contributed by atoms with van der Waals surface area (Å²) in [4.78, 5) is 17.5. The molecule has 1 aromatic carbocycles. The van der Waals surface area contributed by atoms with Crippen LogP contribution in [0.15, 0.2) is 17.8 Å². The number of esters is 1. The first-order chi connectivity index (χ1) is 13.9. The van der Waals surface area contributed by atoms with Crippen molar-refractivity contribution in [2.45, 2.75) is 58.5 Å². The van der Waals surface area contributed by atoms with Crippen molar-refractivity contribution in [2.24, 2.45) is 5.92 Å². The van der Waals surface area contributed by atoms with Gasteiger partial charge in [-0.2, -0.15) is 0 Å². The molecule has 0 unspecified atom stereocenters. The molecule has 5 heterocycles. The van der Waals surface area contributed by atoms with E-state index in [4.69, 9.17) is 9.47 Å². The highest BCUT2D eigenvalue weighted by Crippen LogP contribution is 2.54. The monoisotopic (exact) mass is 396 g/mol. The number of carbonyl (C=O) groups excluding carboxylic acids is 1. The van der Waals surface area contributed by atoms with Crippen molar-refractivity contribution in [3.63, 3.8) is 0 Å². The van der Waals surface area contributed by atoms with Crippen LogP contribution in [-0.2, 0) is 4.79 Å². The van der Waals surface area contributed by atoms with E-state index in [-0.39, 0.29) is 11.6 Å². The minimum Gasteiger partial charge on any atom is -0.481 e. The van der Waals surface area contributed by atoms with Gasteiger partial charge in [-0.3, -0.25) is 4.79 Å². The van der Waals surface area contributed by atoms with Gasteiger partial charge in [0.1, 0.15) is 17.1 Å². The quantitative estimate of drug-likeness (QED) is 0.569. The highest BCUT2D eigenvalue weighted by molar-refractivity contribution is 5.85. The van der Waals surface area contributed by atoms with Crippen molar-refractivity contribution in [3.8, 4) is 11.5 Å². The third-order valence-corrected chi connectivity index (χ3v) is 6.94. The summed E-state index contributed by atoms with van der Waals surface area (Å²) in [5, 5.41) is 0. The van der Waals surface area contributed by atoms with Gasteiger partial charge in [0.2, 0.25) is 0 Å². The smallest absolute Gasteiger partial charge is 0.312 e. The molecule has 1 aromatic rings. The Kier molecular flexibility index (Phi) is 4.61. The van der Waals surface area contributed by atoms with Gasteiger partial charge in [0.15, 0.2) is 0 Å². The van der Waals surface area contributed by atoms with E-state index in [0.29, 0.717) is 18.1 Å². The van der Waals surface area contributed by atoms with Crippen molar-refractivity contribution in [2.75, 3.05) is 32.7 Å². The molecule has 5 aliphatic heterocycles. The maximum atomic E-state index is 12.7. The summed E-state index contributed by atoms with van der Waals surface area (Å²) >= 11 is 0. The predicted molar refractivity (Wildman–Crippen MR) is 113 cm³/mol. The van der Waals surface area contributed by atoms with Crippen LogP contribution in [0.3, 0.4) is 0 Å². The Bertz CT molecular complexity index is 859. The molecule has 5 aliphatic rings. The van der Waals surface area contributed by atoms with Gasteiger partial charge in [-0.15, -0.1) is 0 Å². The Morgan fingerprint density at radius 3 is 2.62 bits per heavy atom. The van der Waals surface area contributed by atoms with E-state index in [2.05, 4.69) is 29.7 Å². The molecular formula is C24H32N2O3. The Morgan fingerprint density at radius 1 is 1.17 bits per heavy atom. The highest BCUT2D eigenvalue weighted by Gasteiger charge is 2.46. The summed E-state index contributed by atoms with van der Waals surface area (Å²) < 4.78 is 12.5. The number of likely N-dealkylation sites (tertiary alicyclic amines) is 1. The van der Waals surface area contributed by atoms with E-state index in [9.17, 15) is 4.79 Å². The van der Waals surface area contributed by atoms with Crippen LogP contribution in [-0.4, -0.2) is 54.1 Å². The molecule has 2 fully saturated rings. The standard InChI is InChI=1S/C24H32N2O3/c1-16-14-18(28-20(27)8-11-25-9-4-5-10-25)22-19(15-16)29-24(2,3)23-21(22)17-6-12-26(23)13-7-17/h14-15,17H,4-13H2,1-3H3. The zero-order valence-corrected chi connectivity index (χ0v) is 17.9. The fourth-order valence-electron chi connectivity index (χ4n) is 5.68. The summed E-state index contributed by atoms with van der Waals surface area (Å²) in [6.07, 6.45) is 5.26. The number of benzene rings is 1. The van der Waals surface area contributed by atoms with Crippen molar-refractivity contribution in [1.82, 2.24) is 9.80 Å². The maximum absolute atomic E-state index is 12.7. The van der Waals surface area contributed by atoms with Gasteiger partial charge in [-0.25, -0.2) is 0 Å². The minimum absolute atomic E-state index is 0.141. The Balaban J connectivity index is 1.48. The molecule has 0 atom stereocenters. The Morgan fingerprint density at radius 2 is 1.90 bits per heavy atom. The molecule has 5 heteroatoms. The van der Waals surface area contributed by atoms with Gasteiger partial charge in [0, 0.05) is 19.6 Å². The molecule has 0 spiro atoms. The van der Waals surface area contributed by atoms with Crippen LogP contribution < -0.4 is 9.47 Å². The van der Waals surface area contributed by atoms with Gasteiger partial charge >= 0.3 is 5.97 Å². The summed E-state index contributed by atoms with van der Waals surface area (Å²) in [6, 6.07) is 4.11. The molecule has 2 saturated heterocycles. The van der Waals surface area contributed by atoms with Crippen LogP contribution in [0.5, 0.6) is 11.5 Å². The second kappa shape index (κ2) is 7.05. The van der Waals surface area contributed by atoms with Crippen molar-refractivity contribution >= 4 is 11.5 Å². The fourth-order valence-corrected chi connectivity index (χ4v) is 5.68. The minimum atomic E-state index is -0.355. The van der Waals surface area contributed by atoms with Gasteiger partial charge < -0.3 is 19.3 Å². The van der Waals surface area contributed by atoms with E-state index < -0.39 is 0 Å². The highest BCUT2D eigenvalue weighted by atomic mass is 16.5.